The van der Waals surface area contributed by atoms with Crippen LogP contribution in [0.4, 0.5) is 0 Å². The van der Waals surface area contributed by atoms with Gasteiger partial charge in [-0.05, 0) is 25.3 Å². The van der Waals surface area contributed by atoms with Crippen molar-refractivity contribution in [2.75, 3.05) is 0 Å². The fourth-order valence-electron chi connectivity index (χ4n) is 4.16. The Morgan fingerprint density at radius 3 is 2.73 bits per heavy atom. The van der Waals surface area contributed by atoms with Crippen LogP contribution in [0, 0.1) is 0 Å². The van der Waals surface area contributed by atoms with Gasteiger partial charge in [0.1, 0.15) is 11.6 Å². The van der Waals surface area contributed by atoms with Crippen molar-refractivity contribution in [1.29, 1.82) is 0 Å². The normalized spacial score (nSPS) is 16.4. The second-order valence-corrected chi connectivity index (χ2v) is 7.14. The summed E-state index contributed by atoms with van der Waals surface area (Å²) in [4.78, 5) is 25.9. The number of carbonyl (C=O) groups is 1. The molecule has 4 rings (SSSR count). The first-order valence-electron chi connectivity index (χ1n) is 9.37. The van der Waals surface area contributed by atoms with Crippen LogP contribution in [0.15, 0.2) is 35.3 Å². The van der Waals surface area contributed by atoms with Gasteiger partial charge in [0.25, 0.3) is 5.56 Å². The molecule has 0 bridgehead atoms. The second-order valence-electron chi connectivity index (χ2n) is 7.14. The summed E-state index contributed by atoms with van der Waals surface area (Å²) >= 11 is 0. The number of benzene rings is 1. The van der Waals surface area contributed by atoms with Crippen LogP contribution in [0.5, 0.6) is 0 Å². The average molecular weight is 352 g/mol. The molecular formula is C20H24N4O2. The summed E-state index contributed by atoms with van der Waals surface area (Å²) in [5, 5.41) is 9.13. The Morgan fingerprint density at radius 1 is 1.27 bits per heavy atom. The number of rotatable bonds is 4. The minimum atomic E-state index is -0.409. The highest BCUT2D eigenvalue weighted by atomic mass is 16.2. The number of amides is 1. The van der Waals surface area contributed by atoms with E-state index in [2.05, 4.69) is 10.4 Å². The Hall–Kier alpha value is -2.63. The van der Waals surface area contributed by atoms with Gasteiger partial charge in [0.2, 0.25) is 5.91 Å². The molecule has 0 spiro atoms. The van der Waals surface area contributed by atoms with Crippen LogP contribution < -0.4 is 10.9 Å². The topological polar surface area (TPSA) is 68.9 Å². The highest BCUT2D eigenvalue weighted by molar-refractivity contribution is 6.08. The number of aryl methyl sites for hydroxylation is 1. The molecule has 26 heavy (non-hydrogen) atoms. The second kappa shape index (κ2) is 6.59. The number of fused-ring (bicyclic) bond motifs is 3. The first kappa shape index (κ1) is 16.8. The van der Waals surface area contributed by atoms with Crippen molar-refractivity contribution in [3.8, 4) is 0 Å². The minimum absolute atomic E-state index is 0.000850. The van der Waals surface area contributed by atoms with E-state index < -0.39 is 6.04 Å². The molecule has 136 valence electrons. The zero-order valence-corrected chi connectivity index (χ0v) is 15.2. The maximum absolute atomic E-state index is 13.1. The van der Waals surface area contributed by atoms with Crippen LogP contribution >= 0.6 is 0 Å². The van der Waals surface area contributed by atoms with Crippen molar-refractivity contribution in [2.45, 2.75) is 51.1 Å². The third kappa shape index (κ3) is 2.60. The number of carbonyl (C=O) groups excluding carboxylic acids is 1. The van der Waals surface area contributed by atoms with Crippen LogP contribution in [0.1, 0.15) is 45.1 Å². The summed E-state index contributed by atoms with van der Waals surface area (Å²) in [6.45, 7) is 1.99. The predicted octanol–water partition coefficient (Wildman–Crippen LogP) is 2.90. The van der Waals surface area contributed by atoms with Crippen molar-refractivity contribution < 1.29 is 4.79 Å². The Morgan fingerprint density at radius 2 is 2.00 bits per heavy atom. The first-order valence-corrected chi connectivity index (χ1v) is 9.37. The van der Waals surface area contributed by atoms with E-state index in [1.807, 2.05) is 35.8 Å². The van der Waals surface area contributed by atoms with Gasteiger partial charge in [0.05, 0.1) is 11.7 Å². The van der Waals surface area contributed by atoms with Gasteiger partial charge in [-0.3, -0.25) is 9.59 Å². The van der Waals surface area contributed by atoms with E-state index in [0.29, 0.717) is 11.9 Å². The molecule has 1 aliphatic rings. The molecule has 1 amide bonds. The van der Waals surface area contributed by atoms with Gasteiger partial charge < -0.3 is 9.88 Å². The van der Waals surface area contributed by atoms with Crippen molar-refractivity contribution in [3.05, 3.63) is 40.8 Å². The highest BCUT2D eigenvalue weighted by Gasteiger charge is 2.27. The van der Waals surface area contributed by atoms with Crippen LogP contribution in [0.25, 0.3) is 21.8 Å². The molecule has 1 aliphatic carbocycles. The number of hydrogen-bond acceptors (Lipinski definition) is 3. The molecule has 1 fully saturated rings. The third-order valence-corrected chi connectivity index (χ3v) is 5.51. The number of para-hydroxylation sites is 1. The maximum atomic E-state index is 13.1. The van der Waals surface area contributed by atoms with Crippen molar-refractivity contribution in [2.24, 2.45) is 7.05 Å². The fourth-order valence-corrected chi connectivity index (χ4v) is 4.16. The summed E-state index contributed by atoms with van der Waals surface area (Å²) in [6, 6.07) is 7.69. The molecule has 0 aliphatic heterocycles. The largest absolute Gasteiger partial charge is 0.352 e. The molecule has 1 N–H and O–H groups in total. The van der Waals surface area contributed by atoms with E-state index in [9.17, 15) is 9.59 Å². The Bertz CT molecular complexity index is 1030. The molecule has 1 saturated carbocycles. The van der Waals surface area contributed by atoms with E-state index in [-0.39, 0.29) is 17.5 Å². The van der Waals surface area contributed by atoms with Crippen LogP contribution in [0.3, 0.4) is 0 Å². The summed E-state index contributed by atoms with van der Waals surface area (Å²) in [5.41, 5.74) is 1.28. The Labute approximate surface area is 151 Å². The van der Waals surface area contributed by atoms with E-state index in [0.717, 1.165) is 29.1 Å². The quantitative estimate of drug-likeness (QED) is 0.785. The average Bonchev–Trinajstić information content (AvgIpc) is 3.26. The fraction of sp³-hybridized carbons (Fsp3) is 0.450. The zero-order valence-electron chi connectivity index (χ0n) is 15.2. The summed E-state index contributed by atoms with van der Waals surface area (Å²) in [6.07, 6.45) is 6.77. The number of nitrogens with zero attached hydrogens (tertiary/aromatic N) is 3. The smallest absolute Gasteiger partial charge is 0.291 e. The highest BCUT2D eigenvalue weighted by Crippen LogP contribution is 2.31. The minimum Gasteiger partial charge on any atom is -0.352 e. The molecule has 0 radical (unpaired) electrons. The number of nitrogens with one attached hydrogen (secondary N) is 1. The van der Waals surface area contributed by atoms with Crippen molar-refractivity contribution in [3.63, 3.8) is 0 Å². The van der Waals surface area contributed by atoms with E-state index in [1.54, 1.807) is 13.2 Å². The summed E-state index contributed by atoms with van der Waals surface area (Å²) < 4.78 is 3.25. The molecule has 6 heteroatoms. The van der Waals surface area contributed by atoms with Gasteiger partial charge >= 0.3 is 0 Å². The zero-order chi connectivity index (χ0) is 18.3. The lowest BCUT2D eigenvalue weighted by Crippen LogP contribution is -2.38. The van der Waals surface area contributed by atoms with Gasteiger partial charge in [-0.2, -0.15) is 5.10 Å². The lowest BCUT2D eigenvalue weighted by Gasteiger charge is -2.21. The first-order chi connectivity index (χ1) is 12.6. The van der Waals surface area contributed by atoms with Crippen LogP contribution in [-0.4, -0.2) is 26.3 Å². The molecular weight excluding hydrogens is 328 g/mol. The molecule has 3 aromatic rings. The Balaban J connectivity index is 1.91. The third-order valence-electron chi connectivity index (χ3n) is 5.51. The molecule has 0 saturated heterocycles. The van der Waals surface area contributed by atoms with Gasteiger partial charge in [0.15, 0.2) is 0 Å². The maximum Gasteiger partial charge on any atom is 0.291 e. The molecule has 1 atom stereocenters. The summed E-state index contributed by atoms with van der Waals surface area (Å²) in [7, 11) is 1.64. The molecule has 2 aromatic heterocycles. The predicted molar refractivity (Wildman–Crippen MR) is 102 cm³/mol. The molecule has 1 aromatic carbocycles. The standard InChI is InChI=1S/C20H24N4O2/c1-3-16(19(25)22-13-8-4-5-9-13)24-17-11-7-6-10-14(17)15-12-21-23(2)20(26)18(15)24/h6-7,10-13,16H,3-5,8-9H2,1-2H3,(H,22,25)/t16-/m0/s1. The van der Waals surface area contributed by atoms with Gasteiger partial charge in [-0.1, -0.05) is 38.0 Å². The molecule has 6 nitrogen and oxygen atoms in total. The van der Waals surface area contributed by atoms with Gasteiger partial charge in [0, 0.05) is 23.9 Å². The Kier molecular flexibility index (Phi) is 4.26. The van der Waals surface area contributed by atoms with Gasteiger partial charge in [-0.15, -0.1) is 0 Å². The van der Waals surface area contributed by atoms with E-state index in [1.165, 1.54) is 17.5 Å². The van der Waals surface area contributed by atoms with Crippen molar-refractivity contribution >= 4 is 27.7 Å². The summed E-state index contributed by atoms with van der Waals surface area (Å²) in [5.74, 6) is 0.000850. The van der Waals surface area contributed by atoms with Crippen LogP contribution in [-0.2, 0) is 11.8 Å². The lowest BCUT2D eigenvalue weighted by molar-refractivity contribution is -0.124. The number of hydrogen-bond donors (Lipinski definition) is 1. The van der Waals surface area contributed by atoms with Gasteiger partial charge in [-0.25, -0.2) is 4.68 Å². The van der Waals surface area contributed by atoms with E-state index in [4.69, 9.17) is 0 Å². The molecule has 2 heterocycles. The SMILES string of the molecule is CC[C@@H](C(=O)NC1CCCC1)n1c2ccccc2c2cnn(C)c(=O)c21. The monoisotopic (exact) mass is 352 g/mol. The number of aromatic nitrogens is 3. The van der Waals surface area contributed by atoms with Crippen molar-refractivity contribution in [1.82, 2.24) is 19.7 Å². The molecule has 0 unspecified atom stereocenters. The van der Waals surface area contributed by atoms with Crippen LogP contribution in [0.2, 0.25) is 0 Å². The van der Waals surface area contributed by atoms with E-state index >= 15 is 0 Å². The lowest BCUT2D eigenvalue weighted by atomic mass is 10.1.